The Morgan fingerprint density at radius 1 is 0.483 bits per heavy atom. The average Bonchev–Trinajstić information content (AvgIpc) is 3.16. The maximum absolute atomic E-state index is 11.9. The first-order chi connectivity index (χ1) is 27.2. The fourth-order valence-electron chi connectivity index (χ4n) is 8.80. The Balaban J connectivity index is 0.000000231. The number of hydrogen-bond acceptors (Lipinski definition) is 6. The van der Waals surface area contributed by atoms with E-state index in [2.05, 4.69) is 57.5 Å². The molecule has 0 heterocycles. The number of alkyl carbamates (subject to hydrolysis) is 3. The van der Waals surface area contributed by atoms with E-state index in [0.29, 0.717) is 37.6 Å². The monoisotopic (exact) mass is 800 g/mol. The summed E-state index contributed by atoms with van der Waals surface area (Å²) in [5, 5.41) is 9.10. The van der Waals surface area contributed by atoms with Crippen LogP contribution in [0.15, 0.2) is 91.0 Å². The van der Waals surface area contributed by atoms with Gasteiger partial charge in [0.25, 0.3) is 0 Å². The maximum Gasteiger partial charge on any atom is 0.407 e. The topological polar surface area (TPSA) is 115 Å². The molecule has 9 nitrogen and oxygen atoms in total. The first-order valence-electron chi connectivity index (χ1n) is 21.2. The Morgan fingerprint density at radius 3 is 0.948 bits per heavy atom. The summed E-state index contributed by atoms with van der Waals surface area (Å²) >= 11 is 0. The quantitative estimate of drug-likeness (QED) is 0.186. The van der Waals surface area contributed by atoms with Crippen molar-refractivity contribution in [3.05, 3.63) is 108 Å². The zero-order valence-electron chi connectivity index (χ0n) is 35.4. The lowest BCUT2D eigenvalue weighted by atomic mass is 9.78. The standard InChI is InChI=1S/3C16H23NO2.CH4/c3*1-13-7-6-10-16(2,11-13)17-15(18)19-12-14-8-4-3-5-9-14;/h3*3-5,8-9,13H,6-7,10-12H2,1-2H3,(H,17,18);1H4/t3*13-,16+;/m110./s1. The van der Waals surface area contributed by atoms with Gasteiger partial charge in [-0.2, -0.15) is 0 Å². The number of benzene rings is 3. The van der Waals surface area contributed by atoms with Crippen molar-refractivity contribution in [2.75, 3.05) is 0 Å². The van der Waals surface area contributed by atoms with Gasteiger partial charge in [0.1, 0.15) is 19.8 Å². The maximum atomic E-state index is 11.9. The molecule has 0 saturated heterocycles. The van der Waals surface area contributed by atoms with Crippen molar-refractivity contribution in [1.29, 1.82) is 0 Å². The second-order valence-electron chi connectivity index (χ2n) is 17.8. The summed E-state index contributed by atoms with van der Waals surface area (Å²) in [6.07, 6.45) is 12.6. The van der Waals surface area contributed by atoms with Crippen molar-refractivity contribution < 1.29 is 28.6 Å². The third-order valence-electron chi connectivity index (χ3n) is 11.5. The van der Waals surface area contributed by atoms with Crippen molar-refractivity contribution >= 4 is 18.3 Å². The minimum absolute atomic E-state index is 0. The zero-order valence-corrected chi connectivity index (χ0v) is 35.4. The number of carbonyl (C=O) groups is 3. The van der Waals surface area contributed by atoms with Crippen LogP contribution in [0.25, 0.3) is 0 Å². The molecule has 0 spiro atoms. The minimum Gasteiger partial charge on any atom is -0.445 e. The van der Waals surface area contributed by atoms with E-state index in [4.69, 9.17) is 14.2 Å². The van der Waals surface area contributed by atoms with E-state index >= 15 is 0 Å². The summed E-state index contributed by atoms with van der Waals surface area (Å²) < 4.78 is 15.8. The van der Waals surface area contributed by atoms with Gasteiger partial charge in [-0.15, -0.1) is 0 Å². The smallest absolute Gasteiger partial charge is 0.407 e. The van der Waals surface area contributed by atoms with Gasteiger partial charge in [0.05, 0.1) is 0 Å². The molecular formula is C49H73N3O6. The highest BCUT2D eigenvalue weighted by Crippen LogP contribution is 2.34. The van der Waals surface area contributed by atoms with Gasteiger partial charge in [0.15, 0.2) is 0 Å². The molecule has 0 aromatic heterocycles. The number of nitrogens with one attached hydrogen (secondary N) is 3. The first kappa shape index (κ1) is 47.8. The molecule has 3 aromatic rings. The fraction of sp³-hybridized carbons (Fsp3) is 0.571. The number of rotatable bonds is 9. The average molecular weight is 800 g/mol. The van der Waals surface area contributed by atoms with Crippen molar-refractivity contribution in [3.8, 4) is 0 Å². The molecule has 3 aromatic carbocycles. The summed E-state index contributed by atoms with van der Waals surface area (Å²) in [6, 6.07) is 29.3. The molecular weight excluding hydrogens is 727 g/mol. The van der Waals surface area contributed by atoms with Crippen LogP contribution in [0.5, 0.6) is 0 Å². The molecule has 3 N–H and O–H groups in total. The van der Waals surface area contributed by atoms with E-state index in [1.807, 2.05) is 91.0 Å². The van der Waals surface area contributed by atoms with Crippen LogP contribution in [0.3, 0.4) is 0 Å². The van der Waals surface area contributed by atoms with Crippen molar-refractivity contribution in [1.82, 2.24) is 16.0 Å². The van der Waals surface area contributed by atoms with Gasteiger partial charge in [-0.25, -0.2) is 14.4 Å². The predicted molar refractivity (Wildman–Crippen MR) is 234 cm³/mol. The predicted octanol–water partition coefficient (Wildman–Crippen LogP) is 12.3. The number of hydrogen-bond donors (Lipinski definition) is 3. The zero-order chi connectivity index (χ0) is 41.2. The number of amides is 3. The molecule has 3 aliphatic carbocycles. The second kappa shape index (κ2) is 23.8. The summed E-state index contributed by atoms with van der Waals surface area (Å²) in [6.45, 7) is 14.1. The van der Waals surface area contributed by atoms with E-state index in [-0.39, 0.29) is 42.3 Å². The third kappa shape index (κ3) is 17.9. The molecule has 0 unspecified atom stereocenters. The normalized spacial score (nSPS) is 26.3. The lowest BCUT2D eigenvalue weighted by Crippen LogP contribution is -2.48. The summed E-state index contributed by atoms with van der Waals surface area (Å²) in [5.74, 6) is 2.02. The second-order valence-corrected chi connectivity index (χ2v) is 17.8. The van der Waals surface area contributed by atoms with Crippen LogP contribution in [0.1, 0.15) is 143 Å². The van der Waals surface area contributed by atoms with E-state index in [1.54, 1.807) is 0 Å². The van der Waals surface area contributed by atoms with Gasteiger partial charge in [0.2, 0.25) is 0 Å². The molecule has 3 fully saturated rings. The Labute approximate surface area is 349 Å². The largest absolute Gasteiger partial charge is 0.445 e. The molecule has 0 radical (unpaired) electrons. The molecule has 9 heteroatoms. The van der Waals surface area contributed by atoms with Crippen LogP contribution in [-0.2, 0) is 34.0 Å². The molecule has 320 valence electrons. The molecule has 6 rings (SSSR count). The van der Waals surface area contributed by atoms with Gasteiger partial charge >= 0.3 is 18.3 Å². The van der Waals surface area contributed by atoms with Crippen LogP contribution in [-0.4, -0.2) is 34.9 Å². The van der Waals surface area contributed by atoms with Crippen molar-refractivity contribution in [2.24, 2.45) is 17.8 Å². The molecule has 3 aliphatic rings. The summed E-state index contributed by atoms with van der Waals surface area (Å²) in [7, 11) is 0. The molecule has 0 aliphatic heterocycles. The van der Waals surface area contributed by atoms with Gasteiger partial charge in [0, 0.05) is 16.6 Å². The Hall–Kier alpha value is -4.53. The van der Waals surface area contributed by atoms with Crippen LogP contribution in [0, 0.1) is 17.8 Å². The van der Waals surface area contributed by atoms with E-state index < -0.39 is 0 Å². The minimum atomic E-state index is -0.305. The fourth-order valence-corrected chi connectivity index (χ4v) is 8.80. The number of ether oxygens (including phenoxy) is 3. The Kier molecular flexibility index (Phi) is 19.6. The SMILES string of the molecule is C.C[C@@H]1CCC[C@](C)(NC(=O)OCc2ccccc2)C1.C[C@@H]1CCC[C@](C)(NC(=O)OCc2ccccc2)C1.C[C@H]1CCC[C@@](C)(NC(=O)OCc2ccccc2)C1. The molecule has 0 bridgehead atoms. The van der Waals surface area contributed by atoms with E-state index in [1.165, 1.54) is 38.5 Å². The highest BCUT2D eigenvalue weighted by Gasteiger charge is 2.34. The Morgan fingerprint density at radius 2 is 0.724 bits per heavy atom. The first-order valence-corrected chi connectivity index (χ1v) is 21.2. The van der Waals surface area contributed by atoms with E-state index in [9.17, 15) is 14.4 Å². The summed E-state index contributed by atoms with van der Waals surface area (Å²) in [4.78, 5) is 35.6. The Bertz CT molecular complexity index is 1450. The van der Waals surface area contributed by atoms with Gasteiger partial charge < -0.3 is 30.2 Å². The summed E-state index contributed by atoms with van der Waals surface area (Å²) in [5.41, 5.74) is 2.72. The van der Waals surface area contributed by atoms with Crippen molar-refractivity contribution in [3.63, 3.8) is 0 Å². The van der Waals surface area contributed by atoms with Gasteiger partial charge in [-0.3, -0.25) is 0 Å². The van der Waals surface area contributed by atoms with Crippen LogP contribution >= 0.6 is 0 Å². The third-order valence-corrected chi connectivity index (χ3v) is 11.5. The molecule has 3 saturated carbocycles. The van der Waals surface area contributed by atoms with Crippen LogP contribution < -0.4 is 16.0 Å². The highest BCUT2D eigenvalue weighted by atomic mass is 16.6. The van der Waals surface area contributed by atoms with Crippen LogP contribution in [0.2, 0.25) is 0 Å². The van der Waals surface area contributed by atoms with Gasteiger partial charge in [-0.05, 0) is 93.7 Å². The van der Waals surface area contributed by atoms with Gasteiger partial charge in [-0.1, -0.05) is 158 Å². The molecule has 58 heavy (non-hydrogen) atoms. The number of carbonyl (C=O) groups excluding carboxylic acids is 3. The van der Waals surface area contributed by atoms with Crippen LogP contribution in [0.4, 0.5) is 14.4 Å². The van der Waals surface area contributed by atoms with E-state index in [0.717, 1.165) is 55.2 Å². The molecule has 6 atom stereocenters. The highest BCUT2D eigenvalue weighted by molar-refractivity contribution is 5.69. The lowest BCUT2D eigenvalue weighted by Gasteiger charge is -2.37. The lowest BCUT2D eigenvalue weighted by molar-refractivity contribution is 0.114. The molecule has 3 amide bonds. The van der Waals surface area contributed by atoms with Crippen molar-refractivity contribution in [2.45, 2.75) is 162 Å².